The highest BCUT2D eigenvalue weighted by Gasteiger charge is 2.42. The van der Waals surface area contributed by atoms with Gasteiger partial charge in [-0.25, -0.2) is 0 Å². The Bertz CT molecular complexity index is 923. The molecule has 4 rings (SSSR count). The molecule has 1 saturated heterocycles. The monoisotopic (exact) mass is 365 g/mol. The summed E-state index contributed by atoms with van der Waals surface area (Å²) >= 11 is 0. The standard InChI is InChI=1S/C22H27N3O2/c1-13-6-5-7-15-10-19(14(2)23-21(13)15)22(27)25(4)18-8-16-11-20(26)24(3)12-17(16)9-18/h5-7,10,16-18H,8-9,11-12H2,1-4H3/t16-,17+,18-/m0/s1. The van der Waals surface area contributed by atoms with Crippen molar-refractivity contribution in [3.63, 3.8) is 0 Å². The van der Waals surface area contributed by atoms with Crippen LogP contribution in [0.25, 0.3) is 10.9 Å². The molecule has 5 nitrogen and oxygen atoms in total. The van der Waals surface area contributed by atoms with Crippen LogP contribution in [-0.4, -0.2) is 53.3 Å². The van der Waals surface area contributed by atoms with E-state index >= 15 is 0 Å². The summed E-state index contributed by atoms with van der Waals surface area (Å²) < 4.78 is 0. The number of rotatable bonds is 2. The Kier molecular flexibility index (Phi) is 4.41. The topological polar surface area (TPSA) is 53.5 Å². The van der Waals surface area contributed by atoms with E-state index in [0.29, 0.717) is 23.8 Å². The van der Waals surface area contributed by atoms with E-state index in [2.05, 4.69) is 0 Å². The van der Waals surface area contributed by atoms with Gasteiger partial charge in [0.05, 0.1) is 16.8 Å². The normalized spacial score (nSPS) is 25.0. The summed E-state index contributed by atoms with van der Waals surface area (Å²) in [6.07, 6.45) is 2.52. The number of aryl methyl sites for hydroxylation is 2. The van der Waals surface area contributed by atoms with E-state index in [0.717, 1.165) is 41.5 Å². The largest absolute Gasteiger partial charge is 0.345 e. The zero-order chi connectivity index (χ0) is 19.3. The molecule has 0 unspecified atom stereocenters. The molecule has 0 N–H and O–H groups in total. The Hall–Kier alpha value is -2.43. The number of benzene rings is 1. The number of amides is 2. The number of likely N-dealkylation sites (tertiary alicyclic amines) is 1. The number of para-hydroxylation sites is 1. The first kappa shape index (κ1) is 18.0. The minimum Gasteiger partial charge on any atom is -0.345 e. The molecule has 27 heavy (non-hydrogen) atoms. The Morgan fingerprint density at radius 2 is 1.96 bits per heavy atom. The molecule has 0 spiro atoms. The molecule has 1 aliphatic carbocycles. The maximum Gasteiger partial charge on any atom is 0.255 e. The summed E-state index contributed by atoms with van der Waals surface area (Å²) in [6, 6.07) is 8.22. The van der Waals surface area contributed by atoms with Gasteiger partial charge in [-0.15, -0.1) is 0 Å². The SMILES string of the molecule is Cc1nc2c(C)cccc2cc1C(=O)N(C)[C@H]1C[C@H]2CC(=O)N(C)C[C@H]2C1. The summed E-state index contributed by atoms with van der Waals surface area (Å²) in [7, 11) is 3.78. The van der Waals surface area contributed by atoms with Crippen LogP contribution in [0.5, 0.6) is 0 Å². The third-order valence-corrected chi connectivity index (χ3v) is 6.52. The van der Waals surface area contributed by atoms with E-state index in [1.807, 2.05) is 62.0 Å². The molecule has 5 heteroatoms. The molecule has 0 radical (unpaired) electrons. The summed E-state index contributed by atoms with van der Waals surface area (Å²) in [5.74, 6) is 1.18. The van der Waals surface area contributed by atoms with Crippen molar-refractivity contribution in [2.24, 2.45) is 11.8 Å². The third kappa shape index (κ3) is 3.09. The Labute approximate surface area is 160 Å². The number of hydrogen-bond donors (Lipinski definition) is 0. The summed E-state index contributed by atoms with van der Waals surface area (Å²) in [4.78, 5) is 33.6. The summed E-state index contributed by atoms with van der Waals surface area (Å²) in [6.45, 7) is 4.77. The summed E-state index contributed by atoms with van der Waals surface area (Å²) in [5, 5.41) is 1.00. The van der Waals surface area contributed by atoms with Gasteiger partial charge >= 0.3 is 0 Å². The van der Waals surface area contributed by atoms with Gasteiger partial charge in [-0.2, -0.15) is 0 Å². The fraction of sp³-hybridized carbons (Fsp3) is 0.500. The lowest BCUT2D eigenvalue weighted by Gasteiger charge is -2.31. The van der Waals surface area contributed by atoms with E-state index in [9.17, 15) is 9.59 Å². The van der Waals surface area contributed by atoms with Crippen molar-refractivity contribution in [2.45, 2.75) is 39.2 Å². The first-order chi connectivity index (χ1) is 12.8. The number of nitrogens with zero attached hydrogens (tertiary/aromatic N) is 3. The van der Waals surface area contributed by atoms with Crippen LogP contribution in [0.1, 0.15) is 40.9 Å². The van der Waals surface area contributed by atoms with Crippen molar-refractivity contribution in [3.05, 3.63) is 41.1 Å². The number of carbonyl (C=O) groups is 2. The second kappa shape index (κ2) is 6.63. The molecule has 1 saturated carbocycles. The van der Waals surface area contributed by atoms with Crippen LogP contribution >= 0.6 is 0 Å². The lowest BCUT2D eigenvalue weighted by atomic mass is 9.88. The second-order valence-electron chi connectivity index (χ2n) is 8.31. The highest BCUT2D eigenvalue weighted by Crippen LogP contribution is 2.40. The van der Waals surface area contributed by atoms with E-state index in [-0.39, 0.29) is 17.9 Å². The van der Waals surface area contributed by atoms with Crippen LogP contribution in [0.2, 0.25) is 0 Å². The molecule has 2 aromatic rings. The van der Waals surface area contributed by atoms with Crippen LogP contribution in [0.3, 0.4) is 0 Å². The second-order valence-corrected chi connectivity index (χ2v) is 8.31. The first-order valence-electron chi connectivity index (χ1n) is 9.73. The Balaban J connectivity index is 1.57. The van der Waals surface area contributed by atoms with Crippen LogP contribution in [0.15, 0.2) is 24.3 Å². The van der Waals surface area contributed by atoms with Crippen molar-refractivity contribution in [3.8, 4) is 0 Å². The van der Waals surface area contributed by atoms with Gasteiger partial charge in [-0.05, 0) is 50.2 Å². The van der Waals surface area contributed by atoms with Crippen LogP contribution in [-0.2, 0) is 4.79 Å². The first-order valence-corrected chi connectivity index (χ1v) is 9.73. The number of piperidine rings is 1. The van der Waals surface area contributed by atoms with Gasteiger partial charge in [0.25, 0.3) is 5.91 Å². The molecule has 2 fully saturated rings. The van der Waals surface area contributed by atoms with Gasteiger partial charge in [0.15, 0.2) is 0 Å². The number of hydrogen-bond acceptors (Lipinski definition) is 3. The van der Waals surface area contributed by atoms with Gasteiger partial charge < -0.3 is 9.80 Å². The highest BCUT2D eigenvalue weighted by atomic mass is 16.2. The van der Waals surface area contributed by atoms with E-state index < -0.39 is 0 Å². The molecule has 1 aliphatic heterocycles. The average molecular weight is 365 g/mol. The number of carbonyl (C=O) groups excluding carboxylic acids is 2. The zero-order valence-corrected chi connectivity index (χ0v) is 16.5. The fourth-order valence-electron chi connectivity index (χ4n) is 4.81. The van der Waals surface area contributed by atoms with Crippen molar-refractivity contribution >= 4 is 22.7 Å². The smallest absolute Gasteiger partial charge is 0.255 e. The molecule has 3 atom stereocenters. The van der Waals surface area contributed by atoms with E-state index in [4.69, 9.17) is 4.98 Å². The number of pyridine rings is 1. The fourth-order valence-corrected chi connectivity index (χ4v) is 4.81. The Morgan fingerprint density at radius 1 is 1.22 bits per heavy atom. The predicted octanol–water partition coefficient (Wildman–Crippen LogP) is 3.18. The van der Waals surface area contributed by atoms with Crippen molar-refractivity contribution in [1.82, 2.24) is 14.8 Å². The van der Waals surface area contributed by atoms with Gasteiger partial charge in [0.1, 0.15) is 0 Å². The molecule has 1 aromatic carbocycles. The van der Waals surface area contributed by atoms with Crippen LogP contribution in [0, 0.1) is 25.7 Å². The van der Waals surface area contributed by atoms with Crippen molar-refractivity contribution in [2.75, 3.05) is 20.6 Å². The lowest BCUT2D eigenvalue weighted by Crippen LogP contribution is -2.40. The molecule has 2 amide bonds. The molecule has 1 aromatic heterocycles. The summed E-state index contributed by atoms with van der Waals surface area (Å²) in [5.41, 5.74) is 3.54. The molecular formula is C22H27N3O2. The molecule has 0 bridgehead atoms. The minimum atomic E-state index is 0.0340. The Morgan fingerprint density at radius 3 is 2.74 bits per heavy atom. The van der Waals surface area contributed by atoms with Crippen LogP contribution in [0.4, 0.5) is 0 Å². The third-order valence-electron chi connectivity index (χ3n) is 6.52. The van der Waals surface area contributed by atoms with Gasteiger partial charge in [0, 0.05) is 38.5 Å². The molecule has 2 aliphatic rings. The van der Waals surface area contributed by atoms with Gasteiger partial charge in [-0.3, -0.25) is 14.6 Å². The average Bonchev–Trinajstić information content (AvgIpc) is 3.04. The van der Waals surface area contributed by atoms with Gasteiger partial charge in [0.2, 0.25) is 5.91 Å². The van der Waals surface area contributed by atoms with Crippen molar-refractivity contribution in [1.29, 1.82) is 0 Å². The van der Waals surface area contributed by atoms with E-state index in [1.165, 1.54) is 0 Å². The number of fused-ring (bicyclic) bond motifs is 2. The maximum absolute atomic E-state index is 13.2. The zero-order valence-electron chi connectivity index (χ0n) is 16.5. The van der Waals surface area contributed by atoms with Crippen molar-refractivity contribution < 1.29 is 9.59 Å². The molecular weight excluding hydrogens is 338 g/mol. The van der Waals surface area contributed by atoms with E-state index in [1.54, 1.807) is 0 Å². The van der Waals surface area contributed by atoms with Crippen LogP contribution < -0.4 is 0 Å². The van der Waals surface area contributed by atoms with Gasteiger partial charge in [-0.1, -0.05) is 18.2 Å². The minimum absolute atomic E-state index is 0.0340. The lowest BCUT2D eigenvalue weighted by molar-refractivity contribution is -0.134. The quantitative estimate of drug-likeness (QED) is 0.821. The maximum atomic E-state index is 13.2. The highest BCUT2D eigenvalue weighted by molar-refractivity contribution is 5.99. The molecule has 2 heterocycles. The molecule has 142 valence electrons. The predicted molar refractivity (Wildman–Crippen MR) is 106 cm³/mol. The number of aromatic nitrogens is 1.